The van der Waals surface area contributed by atoms with Crippen LogP contribution in [0.2, 0.25) is 0 Å². The van der Waals surface area contributed by atoms with Crippen molar-refractivity contribution in [3.63, 3.8) is 0 Å². The Balaban J connectivity index is 2.36. The summed E-state index contributed by atoms with van der Waals surface area (Å²) in [4.78, 5) is 4.59. The maximum absolute atomic E-state index is 5.75. The Labute approximate surface area is 108 Å². The summed E-state index contributed by atoms with van der Waals surface area (Å²) < 4.78 is 5.75. The summed E-state index contributed by atoms with van der Waals surface area (Å²) in [7, 11) is 0. The van der Waals surface area contributed by atoms with Crippen LogP contribution in [0.4, 0.5) is 0 Å². The minimum absolute atomic E-state index is 0.710. The van der Waals surface area contributed by atoms with Crippen LogP contribution in [0.5, 0.6) is 5.88 Å². The van der Waals surface area contributed by atoms with E-state index < -0.39 is 0 Å². The molecule has 0 radical (unpaired) electrons. The molecule has 0 aliphatic carbocycles. The van der Waals surface area contributed by atoms with Crippen molar-refractivity contribution in [2.45, 2.75) is 26.8 Å². The fourth-order valence-corrected chi connectivity index (χ4v) is 1.87. The largest absolute Gasteiger partial charge is 0.477 e. The summed E-state index contributed by atoms with van der Waals surface area (Å²) in [6.07, 6.45) is 0.993. The van der Waals surface area contributed by atoms with Crippen LogP contribution in [0.3, 0.4) is 0 Å². The maximum atomic E-state index is 5.75. The normalized spacial score (nSPS) is 10.8. The lowest BCUT2D eigenvalue weighted by Gasteiger charge is -2.10. The van der Waals surface area contributed by atoms with Gasteiger partial charge in [-0.1, -0.05) is 32.0 Å². The molecule has 0 aliphatic heterocycles. The van der Waals surface area contributed by atoms with E-state index in [2.05, 4.69) is 42.3 Å². The molecule has 3 nitrogen and oxygen atoms in total. The van der Waals surface area contributed by atoms with Crippen molar-refractivity contribution in [1.82, 2.24) is 10.3 Å². The van der Waals surface area contributed by atoms with Gasteiger partial charge in [0.15, 0.2) is 0 Å². The molecule has 18 heavy (non-hydrogen) atoms. The molecule has 0 amide bonds. The van der Waals surface area contributed by atoms with Crippen molar-refractivity contribution in [2.75, 3.05) is 13.2 Å². The van der Waals surface area contributed by atoms with Crippen molar-refractivity contribution in [1.29, 1.82) is 0 Å². The molecule has 1 aromatic heterocycles. The topological polar surface area (TPSA) is 34.1 Å². The zero-order chi connectivity index (χ0) is 12.8. The Hall–Kier alpha value is -1.61. The fraction of sp³-hybridized carbons (Fsp3) is 0.400. The molecule has 0 saturated heterocycles. The highest BCUT2D eigenvalue weighted by Gasteiger charge is 2.06. The van der Waals surface area contributed by atoms with Crippen LogP contribution in [-0.2, 0) is 6.54 Å². The minimum Gasteiger partial charge on any atom is -0.477 e. The van der Waals surface area contributed by atoms with Gasteiger partial charge in [-0.05, 0) is 30.5 Å². The molecule has 0 saturated carbocycles. The third-order valence-corrected chi connectivity index (χ3v) is 2.76. The quantitative estimate of drug-likeness (QED) is 0.847. The standard InChI is InChI=1S/C15H20N2O/c1-3-9-18-15-14-8-6-5-7-12(14)10-13(17-15)11-16-4-2/h5-8,10,16H,3-4,9,11H2,1-2H3. The number of pyridine rings is 1. The number of rotatable bonds is 6. The van der Waals surface area contributed by atoms with Crippen molar-refractivity contribution >= 4 is 10.8 Å². The number of hydrogen-bond donors (Lipinski definition) is 1. The van der Waals surface area contributed by atoms with E-state index in [1.54, 1.807) is 0 Å². The highest BCUT2D eigenvalue weighted by molar-refractivity contribution is 5.87. The molecule has 1 heterocycles. The van der Waals surface area contributed by atoms with E-state index in [1.807, 2.05) is 12.1 Å². The van der Waals surface area contributed by atoms with E-state index in [9.17, 15) is 0 Å². The van der Waals surface area contributed by atoms with E-state index in [-0.39, 0.29) is 0 Å². The monoisotopic (exact) mass is 244 g/mol. The molecule has 0 spiro atoms. The van der Waals surface area contributed by atoms with Crippen LogP contribution in [-0.4, -0.2) is 18.1 Å². The van der Waals surface area contributed by atoms with Crippen molar-refractivity contribution in [3.8, 4) is 5.88 Å². The summed E-state index contributed by atoms with van der Waals surface area (Å²) in [5, 5.41) is 5.57. The molecule has 2 rings (SSSR count). The summed E-state index contributed by atoms with van der Waals surface area (Å²) in [5.41, 5.74) is 1.03. The van der Waals surface area contributed by atoms with Crippen LogP contribution < -0.4 is 10.1 Å². The predicted molar refractivity (Wildman–Crippen MR) is 74.9 cm³/mol. The van der Waals surface area contributed by atoms with Gasteiger partial charge in [0.1, 0.15) is 0 Å². The van der Waals surface area contributed by atoms with Gasteiger partial charge >= 0.3 is 0 Å². The Morgan fingerprint density at radius 2 is 2.06 bits per heavy atom. The van der Waals surface area contributed by atoms with Crippen LogP contribution in [0.15, 0.2) is 30.3 Å². The van der Waals surface area contributed by atoms with Gasteiger partial charge in [-0.2, -0.15) is 0 Å². The summed E-state index contributed by atoms with van der Waals surface area (Å²) in [6, 6.07) is 10.3. The Kier molecular flexibility index (Phi) is 4.53. The molecule has 3 heteroatoms. The van der Waals surface area contributed by atoms with E-state index in [4.69, 9.17) is 4.74 Å². The molecule has 0 aliphatic rings. The number of hydrogen-bond acceptors (Lipinski definition) is 3. The van der Waals surface area contributed by atoms with Gasteiger partial charge in [-0.25, -0.2) is 4.98 Å². The van der Waals surface area contributed by atoms with Crippen molar-refractivity contribution in [3.05, 3.63) is 36.0 Å². The fourth-order valence-electron chi connectivity index (χ4n) is 1.87. The number of nitrogens with zero attached hydrogens (tertiary/aromatic N) is 1. The van der Waals surface area contributed by atoms with E-state index >= 15 is 0 Å². The molecule has 0 fully saturated rings. The Morgan fingerprint density at radius 3 is 2.83 bits per heavy atom. The van der Waals surface area contributed by atoms with Gasteiger partial charge in [-0.15, -0.1) is 0 Å². The predicted octanol–water partition coefficient (Wildman–Crippen LogP) is 3.13. The third kappa shape index (κ3) is 2.99. The summed E-state index contributed by atoms with van der Waals surface area (Å²) in [5.74, 6) is 0.753. The van der Waals surface area contributed by atoms with Crippen LogP contribution >= 0.6 is 0 Å². The molecule has 0 unspecified atom stereocenters. The SMILES string of the molecule is CCCOc1nc(CNCC)cc2ccccc12. The van der Waals surface area contributed by atoms with Gasteiger partial charge in [0.05, 0.1) is 12.3 Å². The van der Waals surface area contributed by atoms with Crippen molar-refractivity contribution < 1.29 is 4.74 Å². The molecule has 2 aromatic rings. The number of ether oxygens (including phenoxy) is 1. The molecule has 0 bridgehead atoms. The highest BCUT2D eigenvalue weighted by atomic mass is 16.5. The first-order valence-corrected chi connectivity index (χ1v) is 6.57. The molecular formula is C15H20N2O. The highest BCUT2D eigenvalue weighted by Crippen LogP contribution is 2.24. The second kappa shape index (κ2) is 6.36. The smallest absolute Gasteiger partial charge is 0.221 e. The first-order valence-electron chi connectivity index (χ1n) is 6.57. The first kappa shape index (κ1) is 12.8. The second-order valence-corrected chi connectivity index (χ2v) is 4.27. The zero-order valence-corrected chi connectivity index (χ0v) is 11.1. The third-order valence-electron chi connectivity index (χ3n) is 2.76. The second-order valence-electron chi connectivity index (χ2n) is 4.27. The molecular weight excluding hydrogens is 224 g/mol. The molecule has 1 aromatic carbocycles. The van der Waals surface area contributed by atoms with Gasteiger partial charge in [0, 0.05) is 11.9 Å². The van der Waals surface area contributed by atoms with Crippen LogP contribution in [0.1, 0.15) is 26.0 Å². The van der Waals surface area contributed by atoms with Gasteiger partial charge in [0.25, 0.3) is 0 Å². The van der Waals surface area contributed by atoms with Crippen molar-refractivity contribution in [2.24, 2.45) is 0 Å². The zero-order valence-electron chi connectivity index (χ0n) is 11.1. The maximum Gasteiger partial charge on any atom is 0.221 e. The lowest BCUT2D eigenvalue weighted by atomic mass is 10.1. The van der Waals surface area contributed by atoms with Gasteiger partial charge in [0.2, 0.25) is 5.88 Å². The molecule has 0 atom stereocenters. The lowest BCUT2D eigenvalue weighted by molar-refractivity contribution is 0.308. The van der Waals surface area contributed by atoms with Crippen LogP contribution in [0.25, 0.3) is 10.8 Å². The number of nitrogens with one attached hydrogen (secondary N) is 1. The van der Waals surface area contributed by atoms with E-state index in [0.717, 1.165) is 36.5 Å². The average molecular weight is 244 g/mol. The lowest BCUT2D eigenvalue weighted by Crippen LogP contribution is -2.13. The minimum atomic E-state index is 0.710. The first-order chi connectivity index (χ1) is 8.85. The van der Waals surface area contributed by atoms with Crippen LogP contribution in [0, 0.1) is 0 Å². The summed E-state index contributed by atoms with van der Waals surface area (Å²) in [6.45, 7) is 6.63. The molecule has 96 valence electrons. The number of benzene rings is 1. The van der Waals surface area contributed by atoms with E-state index in [1.165, 1.54) is 5.39 Å². The number of aromatic nitrogens is 1. The Morgan fingerprint density at radius 1 is 1.22 bits per heavy atom. The van der Waals surface area contributed by atoms with Gasteiger partial charge in [-0.3, -0.25) is 0 Å². The average Bonchev–Trinajstić information content (AvgIpc) is 2.42. The Bertz CT molecular complexity index is 511. The van der Waals surface area contributed by atoms with Gasteiger partial charge < -0.3 is 10.1 Å². The van der Waals surface area contributed by atoms with E-state index in [0.29, 0.717) is 6.61 Å². The number of fused-ring (bicyclic) bond motifs is 1. The molecule has 1 N–H and O–H groups in total. The summed E-state index contributed by atoms with van der Waals surface area (Å²) >= 11 is 0.